The van der Waals surface area contributed by atoms with E-state index in [2.05, 4.69) is 67.7 Å². The van der Waals surface area contributed by atoms with Crippen LogP contribution in [-0.2, 0) is 4.74 Å². The highest BCUT2D eigenvalue weighted by atomic mass is 32.1. The van der Waals surface area contributed by atoms with Gasteiger partial charge < -0.3 is 4.74 Å². The van der Waals surface area contributed by atoms with Gasteiger partial charge in [0.05, 0.1) is 6.61 Å². The molecule has 2 heteroatoms. The number of rotatable bonds is 14. The van der Waals surface area contributed by atoms with Crippen LogP contribution in [0.25, 0.3) is 0 Å². The van der Waals surface area contributed by atoms with Gasteiger partial charge in [-0.15, -0.1) is 0 Å². The van der Waals surface area contributed by atoms with E-state index >= 15 is 0 Å². The van der Waals surface area contributed by atoms with Crippen molar-refractivity contribution in [1.29, 1.82) is 0 Å². The van der Waals surface area contributed by atoms with Crippen LogP contribution >= 0.6 is 12.2 Å². The number of unbranched alkanes of at least 4 members (excludes halogenated alkanes) is 2. The molecule has 0 rings (SSSR count). The van der Waals surface area contributed by atoms with Crippen LogP contribution in [0, 0.1) is 0 Å². The summed E-state index contributed by atoms with van der Waals surface area (Å²) in [5, 5.41) is 0.643. The Kier molecular flexibility index (Phi) is 18.5. The maximum Gasteiger partial charge on any atom is 0.156 e. The topological polar surface area (TPSA) is 9.23 Å². The smallest absolute Gasteiger partial charge is 0.156 e. The molecule has 0 N–H and O–H groups in total. The van der Waals surface area contributed by atoms with E-state index in [1.165, 1.54) is 0 Å². The van der Waals surface area contributed by atoms with Crippen molar-refractivity contribution in [2.24, 2.45) is 0 Å². The van der Waals surface area contributed by atoms with Crippen LogP contribution in [0.1, 0.15) is 65.2 Å². The molecule has 134 valence electrons. The zero-order valence-electron chi connectivity index (χ0n) is 15.5. The fraction of sp³-hybridized carbons (Fsp3) is 0.500. The molecule has 0 aromatic heterocycles. The largest absolute Gasteiger partial charge is 0.487 e. The lowest BCUT2D eigenvalue weighted by Gasteiger charge is -2.01. The Morgan fingerprint density at radius 3 is 1.62 bits per heavy atom. The van der Waals surface area contributed by atoms with Crippen LogP contribution in [0.2, 0.25) is 0 Å². The van der Waals surface area contributed by atoms with Crippen molar-refractivity contribution in [1.82, 2.24) is 0 Å². The monoisotopic (exact) mass is 346 g/mol. The predicted molar refractivity (Wildman–Crippen MR) is 113 cm³/mol. The van der Waals surface area contributed by atoms with Crippen LogP contribution in [0.4, 0.5) is 0 Å². The number of allylic oxidation sites excluding steroid dienone is 10. The Hall–Kier alpha value is -1.41. The summed E-state index contributed by atoms with van der Waals surface area (Å²) in [7, 11) is 0. The fourth-order valence-electron chi connectivity index (χ4n) is 1.95. The number of hydrogen-bond acceptors (Lipinski definition) is 2. The quantitative estimate of drug-likeness (QED) is 0.186. The summed E-state index contributed by atoms with van der Waals surface area (Å²) in [6.07, 6.45) is 30.8. The molecule has 0 saturated heterocycles. The first kappa shape index (κ1) is 22.6. The van der Waals surface area contributed by atoms with E-state index in [1.807, 2.05) is 6.92 Å². The molecule has 24 heavy (non-hydrogen) atoms. The average molecular weight is 347 g/mol. The molecule has 0 atom stereocenters. The summed E-state index contributed by atoms with van der Waals surface area (Å²) in [5.41, 5.74) is 0. The minimum absolute atomic E-state index is 0.643. The Balaban J connectivity index is 3.42. The molecule has 0 aromatic rings. The Bertz CT molecular complexity index is 427. The van der Waals surface area contributed by atoms with Crippen molar-refractivity contribution in [3.05, 3.63) is 60.8 Å². The van der Waals surface area contributed by atoms with Crippen molar-refractivity contribution in [3.63, 3.8) is 0 Å². The summed E-state index contributed by atoms with van der Waals surface area (Å²) < 4.78 is 5.25. The van der Waals surface area contributed by atoms with E-state index in [1.54, 1.807) is 0 Å². The van der Waals surface area contributed by atoms with E-state index in [0.717, 1.165) is 58.0 Å². The lowest BCUT2D eigenvalue weighted by Crippen LogP contribution is -1.97. The number of hydrogen-bond donors (Lipinski definition) is 0. The van der Waals surface area contributed by atoms with Gasteiger partial charge in [0.2, 0.25) is 0 Å². The summed E-state index contributed by atoms with van der Waals surface area (Å²) in [6, 6.07) is 0. The van der Waals surface area contributed by atoms with E-state index in [0.29, 0.717) is 5.05 Å². The highest BCUT2D eigenvalue weighted by Gasteiger charge is 1.88. The summed E-state index contributed by atoms with van der Waals surface area (Å²) in [5.74, 6) is 0. The highest BCUT2D eigenvalue weighted by molar-refractivity contribution is 7.80. The van der Waals surface area contributed by atoms with Gasteiger partial charge in [0.1, 0.15) is 0 Å². The van der Waals surface area contributed by atoms with Gasteiger partial charge in [-0.1, -0.05) is 67.7 Å². The second-order valence-corrected chi connectivity index (χ2v) is 6.12. The van der Waals surface area contributed by atoms with Gasteiger partial charge in [-0.3, -0.25) is 0 Å². The molecule has 0 unspecified atom stereocenters. The second-order valence-electron chi connectivity index (χ2n) is 5.54. The summed E-state index contributed by atoms with van der Waals surface area (Å²) in [6.45, 7) is 4.73. The average Bonchev–Trinajstić information content (AvgIpc) is 2.56. The van der Waals surface area contributed by atoms with Crippen LogP contribution < -0.4 is 0 Å². The highest BCUT2D eigenvalue weighted by Crippen LogP contribution is 2.00. The lowest BCUT2D eigenvalue weighted by molar-refractivity contribution is 0.300. The van der Waals surface area contributed by atoms with Crippen molar-refractivity contribution in [2.45, 2.75) is 65.2 Å². The van der Waals surface area contributed by atoms with Crippen LogP contribution in [0.5, 0.6) is 0 Å². The number of thiocarbonyl (C=S) groups is 1. The minimum atomic E-state index is 0.643. The third kappa shape index (κ3) is 20.6. The molecule has 0 amide bonds. The minimum Gasteiger partial charge on any atom is -0.487 e. The normalized spacial score (nSPS) is 12.6. The first-order chi connectivity index (χ1) is 11.8. The Labute approximate surface area is 154 Å². The Morgan fingerprint density at radius 1 is 0.708 bits per heavy atom. The van der Waals surface area contributed by atoms with Crippen molar-refractivity contribution < 1.29 is 4.74 Å². The first-order valence-electron chi connectivity index (χ1n) is 9.15. The molecule has 0 spiro atoms. The SMILES string of the molecule is CC/C=C\C/C=C\C/C=C\C/C=C\C/C=C\CCCCOC(C)=S. The predicted octanol–water partition coefficient (Wildman–Crippen LogP) is 7.27. The zero-order valence-corrected chi connectivity index (χ0v) is 16.3. The maximum absolute atomic E-state index is 5.25. The molecule has 0 aliphatic carbocycles. The maximum atomic E-state index is 5.25. The van der Waals surface area contributed by atoms with Gasteiger partial charge >= 0.3 is 0 Å². The standard InChI is InChI=1S/C22H34OS/c1-3-4-5-6-7-8-9-10-11-12-13-14-15-16-17-18-19-20-21-23-22(2)24/h4-5,7-8,10-11,13-14,16-17H,3,6,9,12,15,18-21H2,1-2H3/b5-4-,8-7-,11-10-,14-13-,17-16-. The molecule has 0 heterocycles. The van der Waals surface area contributed by atoms with Crippen molar-refractivity contribution >= 4 is 17.3 Å². The molecule has 0 bridgehead atoms. The van der Waals surface area contributed by atoms with E-state index in [4.69, 9.17) is 17.0 Å². The molecule has 0 aliphatic heterocycles. The molecule has 0 fully saturated rings. The summed E-state index contributed by atoms with van der Waals surface area (Å²) in [4.78, 5) is 0. The first-order valence-corrected chi connectivity index (χ1v) is 9.56. The lowest BCUT2D eigenvalue weighted by atomic mass is 10.2. The van der Waals surface area contributed by atoms with Crippen LogP contribution in [-0.4, -0.2) is 11.7 Å². The van der Waals surface area contributed by atoms with Crippen molar-refractivity contribution in [3.8, 4) is 0 Å². The molecule has 1 nitrogen and oxygen atoms in total. The van der Waals surface area contributed by atoms with Gasteiger partial charge in [-0.2, -0.15) is 0 Å². The number of ether oxygens (including phenoxy) is 1. The van der Waals surface area contributed by atoms with Crippen molar-refractivity contribution in [2.75, 3.05) is 6.61 Å². The van der Waals surface area contributed by atoms with Gasteiger partial charge in [0.25, 0.3) is 0 Å². The second kappa shape index (κ2) is 19.6. The molecular formula is C22H34OS. The summed E-state index contributed by atoms with van der Waals surface area (Å²) >= 11 is 4.86. The fourth-order valence-corrected chi connectivity index (χ4v) is 2.03. The van der Waals surface area contributed by atoms with Gasteiger partial charge in [-0.25, -0.2) is 0 Å². The molecular weight excluding hydrogens is 312 g/mol. The Morgan fingerprint density at radius 2 is 1.17 bits per heavy atom. The molecule has 0 aromatic carbocycles. The van der Waals surface area contributed by atoms with Gasteiger partial charge in [0, 0.05) is 6.92 Å². The van der Waals surface area contributed by atoms with Crippen LogP contribution in [0.3, 0.4) is 0 Å². The molecule has 0 aliphatic rings. The third-order valence-corrected chi connectivity index (χ3v) is 3.35. The van der Waals surface area contributed by atoms with Gasteiger partial charge in [-0.05, 0) is 63.6 Å². The van der Waals surface area contributed by atoms with E-state index in [9.17, 15) is 0 Å². The van der Waals surface area contributed by atoms with E-state index < -0.39 is 0 Å². The molecule has 0 saturated carbocycles. The zero-order chi connectivity index (χ0) is 17.7. The van der Waals surface area contributed by atoms with Gasteiger partial charge in [0.15, 0.2) is 5.05 Å². The van der Waals surface area contributed by atoms with Crippen LogP contribution in [0.15, 0.2) is 60.8 Å². The third-order valence-electron chi connectivity index (χ3n) is 3.23. The van der Waals surface area contributed by atoms with E-state index in [-0.39, 0.29) is 0 Å². The molecule has 0 radical (unpaired) electrons.